The minimum atomic E-state index is -0.454. The van der Waals surface area contributed by atoms with Crippen LogP contribution in [0.3, 0.4) is 0 Å². The first-order chi connectivity index (χ1) is 18.8. The van der Waals surface area contributed by atoms with E-state index in [2.05, 4.69) is 32.5 Å². The number of carbonyl (C=O) groups is 1. The molecule has 1 aromatic heterocycles. The summed E-state index contributed by atoms with van der Waals surface area (Å²) in [6.07, 6.45) is 0.980. The Balaban J connectivity index is 1.28. The predicted molar refractivity (Wildman–Crippen MR) is 151 cm³/mol. The third-order valence-corrected chi connectivity index (χ3v) is 6.14. The van der Waals surface area contributed by atoms with Crippen LogP contribution in [0.5, 0.6) is 11.5 Å². The molecular weight excluding hydrogens is 496 g/mol. The van der Waals surface area contributed by atoms with Crippen molar-refractivity contribution in [1.82, 2.24) is 10.1 Å². The van der Waals surface area contributed by atoms with Gasteiger partial charge < -0.3 is 24.1 Å². The van der Waals surface area contributed by atoms with E-state index in [0.29, 0.717) is 29.6 Å². The standard InChI is InChI=1S/C30H36N4O5/c1-30(2,3)27-21-28(33-39-27)32-29(35)31-25-13-10-23(20-26(25)36-4)7-6-22-8-11-24(12-9-22)38-17-5-14-34-15-18-37-19-16-34/h8-13,20-21H,5,14-19H2,1-4H3,(H2,31,32,33,35). The van der Waals surface area contributed by atoms with Gasteiger partial charge in [0.15, 0.2) is 5.82 Å². The zero-order chi connectivity index (χ0) is 27.7. The SMILES string of the molecule is COc1cc(C#Cc2ccc(OCCCN3CCOCC3)cc2)ccc1NC(=O)Nc1cc(C(C)(C)C)on1. The summed E-state index contributed by atoms with van der Waals surface area (Å²) in [5.41, 5.74) is 1.93. The number of aromatic nitrogens is 1. The molecule has 0 unspecified atom stereocenters. The van der Waals surface area contributed by atoms with E-state index in [1.807, 2.05) is 51.1 Å². The van der Waals surface area contributed by atoms with Crippen molar-refractivity contribution in [3.63, 3.8) is 0 Å². The number of morpholine rings is 1. The number of urea groups is 1. The van der Waals surface area contributed by atoms with E-state index in [-0.39, 0.29) is 5.41 Å². The Bertz CT molecular complexity index is 1300. The highest BCUT2D eigenvalue weighted by Crippen LogP contribution is 2.27. The van der Waals surface area contributed by atoms with E-state index < -0.39 is 6.03 Å². The van der Waals surface area contributed by atoms with E-state index in [9.17, 15) is 4.79 Å². The lowest BCUT2D eigenvalue weighted by Gasteiger charge is -2.26. The number of amides is 2. The summed E-state index contributed by atoms with van der Waals surface area (Å²) in [7, 11) is 1.54. The molecule has 1 aliphatic rings. The van der Waals surface area contributed by atoms with Crippen molar-refractivity contribution in [2.45, 2.75) is 32.6 Å². The summed E-state index contributed by atoms with van der Waals surface area (Å²) in [5, 5.41) is 9.36. The molecule has 0 bridgehead atoms. The second kappa shape index (κ2) is 13.2. The van der Waals surface area contributed by atoms with Gasteiger partial charge in [0.25, 0.3) is 0 Å². The smallest absolute Gasteiger partial charge is 0.325 e. The Morgan fingerprint density at radius 1 is 1.03 bits per heavy atom. The first-order valence-electron chi connectivity index (χ1n) is 13.1. The van der Waals surface area contributed by atoms with Gasteiger partial charge in [-0.15, -0.1) is 0 Å². The molecule has 3 aromatic rings. The van der Waals surface area contributed by atoms with Gasteiger partial charge in [-0.25, -0.2) is 4.79 Å². The van der Waals surface area contributed by atoms with Crippen molar-refractivity contribution < 1.29 is 23.5 Å². The number of nitrogens with one attached hydrogen (secondary N) is 2. The van der Waals surface area contributed by atoms with Crippen LogP contribution in [0, 0.1) is 11.8 Å². The van der Waals surface area contributed by atoms with Crippen LogP contribution >= 0.6 is 0 Å². The molecule has 0 saturated carbocycles. The summed E-state index contributed by atoms with van der Waals surface area (Å²) in [6.45, 7) is 11.3. The van der Waals surface area contributed by atoms with Gasteiger partial charge in [-0.1, -0.05) is 37.8 Å². The van der Waals surface area contributed by atoms with Gasteiger partial charge in [-0.3, -0.25) is 10.2 Å². The summed E-state index contributed by atoms with van der Waals surface area (Å²) < 4.78 is 22.0. The maximum atomic E-state index is 12.5. The highest BCUT2D eigenvalue weighted by molar-refractivity contribution is 6.00. The van der Waals surface area contributed by atoms with E-state index >= 15 is 0 Å². The van der Waals surface area contributed by atoms with Crippen molar-refractivity contribution in [2.75, 3.05) is 57.2 Å². The van der Waals surface area contributed by atoms with Gasteiger partial charge in [0.05, 0.1) is 32.6 Å². The summed E-state index contributed by atoms with van der Waals surface area (Å²) in [4.78, 5) is 14.9. The number of rotatable bonds is 8. The van der Waals surface area contributed by atoms with Crippen molar-refractivity contribution in [3.8, 4) is 23.3 Å². The second-order valence-electron chi connectivity index (χ2n) is 10.3. The number of nitrogens with zero attached hydrogens (tertiary/aromatic N) is 2. The molecule has 2 aromatic carbocycles. The molecule has 0 atom stereocenters. The molecule has 2 N–H and O–H groups in total. The number of ether oxygens (including phenoxy) is 3. The van der Waals surface area contributed by atoms with Gasteiger partial charge in [-0.2, -0.15) is 0 Å². The number of carbonyl (C=O) groups excluding carboxylic acids is 1. The monoisotopic (exact) mass is 532 g/mol. The lowest BCUT2D eigenvalue weighted by molar-refractivity contribution is 0.0358. The van der Waals surface area contributed by atoms with Crippen LogP contribution in [-0.4, -0.2) is 62.7 Å². The van der Waals surface area contributed by atoms with Gasteiger partial charge in [-0.05, 0) is 48.9 Å². The highest BCUT2D eigenvalue weighted by atomic mass is 16.5. The van der Waals surface area contributed by atoms with E-state index in [1.54, 1.807) is 25.3 Å². The predicted octanol–water partition coefficient (Wildman–Crippen LogP) is 5.13. The molecule has 0 spiro atoms. The molecular formula is C30H36N4O5. The average Bonchev–Trinajstić information content (AvgIpc) is 3.41. The normalized spacial score (nSPS) is 13.7. The molecule has 9 heteroatoms. The lowest BCUT2D eigenvalue weighted by atomic mass is 9.93. The summed E-state index contributed by atoms with van der Waals surface area (Å²) in [5.74, 6) is 8.65. The molecule has 0 radical (unpaired) electrons. The van der Waals surface area contributed by atoms with Crippen LogP contribution in [0.15, 0.2) is 53.1 Å². The average molecular weight is 533 g/mol. The maximum absolute atomic E-state index is 12.5. The molecule has 1 saturated heterocycles. The number of hydrogen-bond donors (Lipinski definition) is 2. The largest absolute Gasteiger partial charge is 0.495 e. The Kier molecular flexibility index (Phi) is 9.47. The van der Waals surface area contributed by atoms with Crippen molar-refractivity contribution in [1.29, 1.82) is 0 Å². The molecule has 0 aliphatic carbocycles. The van der Waals surface area contributed by atoms with Gasteiger partial charge in [0.1, 0.15) is 17.3 Å². The molecule has 1 fully saturated rings. The molecule has 2 heterocycles. The van der Waals surface area contributed by atoms with Gasteiger partial charge in [0.2, 0.25) is 0 Å². The lowest BCUT2D eigenvalue weighted by Crippen LogP contribution is -2.37. The number of anilines is 2. The first kappa shape index (κ1) is 28.0. The first-order valence-corrected chi connectivity index (χ1v) is 13.1. The Hall–Kier alpha value is -4.00. The van der Waals surface area contributed by atoms with Gasteiger partial charge >= 0.3 is 6.03 Å². The zero-order valence-electron chi connectivity index (χ0n) is 23.0. The number of benzene rings is 2. The third-order valence-electron chi connectivity index (χ3n) is 6.14. The molecule has 39 heavy (non-hydrogen) atoms. The fourth-order valence-corrected chi connectivity index (χ4v) is 3.91. The topological polar surface area (TPSA) is 98.1 Å². The Morgan fingerprint density at radius 2 is 1.74 bits per heavy atom. The minimum Gasteiger partial charge on any atom is -0.495 e. The fourth-order valence-electron chi connectivity index (χ4n) is 3.91. The van der Waals surface area contributed by atoms with Crippen molar-refractivity contribution in [3.05, 3.63) is 65.4 Å². The molecule has 206 valence electrons. The van der Waals surface area contributed by atoms with Crippen LogP contribution in [0.1, 0.15) is 44.1 Å². The minimum absolute atomic E-state index is 0.206. The van der Waals surface area contributed by atoms with Crippen LogP contribution < -0.4 is 20.1 Å². The highest BCUT2D eigenvalue weighted by Gasteiger charge is 2.20. The molecule has 1 aliphatic heterocycles. The second-order valence-corrected chi connectivity index (χ2v) is 10.3. The van der Waals surface area contributed by atoms with Crippen LogP contribution in [0.25, 0.3) is 0 Å². The van der Waals surface area contributed by atoms with Crippen molar-refractivity contribution >= 4 is 17.5 Å². The van der Waals surface area contributed by atoms with E-state index in [4.69, 9.17) is 18.7 Å². The molecule has 2 amide bonds. The molecule has 9 nitrogen and oxygen atoms in total. The number of hydrogen-bond acceptors (Lipinski definition) is 7. The molecule has 4 rings (SSSR count). The van der Waals surface area contributed by atoms with Crippen LogP contribution in [0.2, 0.25) is 0 Å². The van der Waals surface area contributed by atoms with Crippen LogP contribution in [-0.2, 0) is 10.2 Å². The zero-order valence-corrected chi connectivity index (χ0v) is 23.0. The number of methoxy groups -OCH3 is 1. The summed E-state index contributed by atoms with van der Waals surface area (Å²) >= 11 is 0. The maximum Gasteiger partial charge on any atom is 0.325 e. The fraction of sp³-hybridized carbons (Fsp3) is 0.400. The third kappa shape index (κ3) is 8.50. The van der Waals surface area contributed by atoms with E-state index in [1.165, 1.54) is 0 Å². The van der Waals surface area contributed by atoms with Crippen molar-refractivity contribution in [2.24, 2.45) is 0 Å². The Morgan fingerprint density at radius 3 is 2.44 bits per heavy atom. The summed E-state index contributed by atoms with van der Waals surface area (Å²) in [6, 6.07) is 14.4. The van der Waals surface area contributed by atoms with Crippen LogP contribution in [0.4, 0.5) is 16.3 Å². The Labute approximate surface area is 229 Å². The quantitative estimate of drug-likeness (QED) is 0.307. The van der Waals surface area contributed by atoms with Gasteiger partial charge in [0, 0.05) is 42.2 Å². The van der Waals surface area contributed by atoms with E-state index in [0.717, 1.165) is 56.1 Å².